The minimum absolute atomic E-state index is 0.0323. The molecule has 4 heteroatoms. The molecule has 4 nitrogen and oxygen atoms in total. The molecule has 1 amide bonds. The van der Waals surface area contributed by atoms with Gasteiger partial charge in [-0.2, -0.15) is 0 Å². The summed E-state index contributed by atoms with van der Waals surface area (Å²) in [7, 11) is 1.78. The monoisotopic (exact) mass is 280 g/mol. The third-order valence-corrected chi connectivity index (χ3v) is 3.38. The number of aromatic nitrogens is 1. The van der Waals surface area contributed by atoms with Crippen LogP contribution in [0, 0.1) is 0 Å². The quantitative estimate of drug-likeness (QED) is 0.867. The molecule has 2 aromatic rings. The van der Waals surface area contributed by atoms with Crippen molar-refractivity contribution in [3.05, 3.63) is 65.5 Å². The lowest BCUT2D eigenvalue weighted by Gasteiger charge is -2.22. The van der Waals surface area contributed by atoms with Crippen LogP contribution < -0.4 is 4.74 Å². The highest BCUT2D eigenvalue weighted by molar-refractivity contribution is 5.98. The van der Waals surface area contributed by atoms with Crippen LogP contribution in [0.15, 0.2) is 54.2 Å². The molecule has 1 aliphatic rings. The molecule has 21 heavy (non-hydrogen) atoms. The fourth-order valence-electron chi connectivity index (χ4n) is 2.29. The molecule has 0 radical (unpaired) electrons. The number of hydrogen-bond donors (Lipinski definition) is 0. The Hall–Kier alpha value is -2.62. The van der Waals surface area contributed by atoms with Crippen LogP contribution in [0.4, 0.5) is 0 Å². The summed E-state index contributed by atoms with van der Waals surface area (Å²) >= 11 is 0. The maximum absolute atomic E-state index is 12.5. The Kier molecular flexibility index (Phi) is 3.69. The number of pyridine rings is 1. The molecule has 1 aromatic heterocycles. The number of hydrogen-bond acceptors (Lipinski definition) is 3. The first-order valence-electron chi connectivity index (χ1n) is 6.82. The van der Waals surface area contributed by atoms with E-state index in [2.05, 4.69) is 4.98 Å². The first kappa shape index (κ1) is 13.4. The molecule has 0 atom stereocenters. The molecule has 106 valence electrons. The van der Waals surface area contributed by atoms with Crippen molar-refractivity contribution in [3.8, 4) is 5.75 Å². The van der Waals surface area contributed by atoms with Crippen LogP contribution in [0.1, 0.15) is 11.3 Å². The second-order valence-corrected chi connectivity index (χ2v) is 4.98. The zero-order chi connectivity index (χ0) is 14.7. The summed E-state index contributed by atoms with van der Waals surface area (Å²) in [5, 5.41) is 0. The van der Waals surface area contributed by atoms with Crippen molar-refractivity contribution in [3.63, 3.8) is 0 Å². The number of nitrogens with zero attached hydrogens (tertiary/aromatic N) is 2. The summed E-state index contributed by atoms with van der Waals surface area (Å²) in [5.41, 5.74) is 2.47. The van der Waals surface area contributed by atoms with Gasteiger partial charge in [-0.1, -0.05) is 24.3 Å². The zero-order valence-corrected chi connectivity index (χ0v) is 11.8. The molecule has 0 bridgehead atoms. The number of amides is 1. The van der Waals surface area contributed by atoms with Crippen molar-refractivity contribution in [2.45, 2.75) is 6.54 Å². The third-order valence-electron chi connectivity index (χ3n) is 3.38. The molecule has 0 spiro atoms. The van der Waals surface area contributed by atoms with Gasteiger partial charge in [-0.05, 0) is 24.3 Å². The maximum atomic E-state index is 12.5. The third kappa shape index (κ3) is 2.94. The summed E-state index contributed by atoms with van der Waals surface area (Å²) in [6.45, 7) is 0.793. The van der Waals surface area contributed by atoms with E-state index in [-0.39, 0.29) is 5.91 Å². The summed E-state index contributed by atoms with van der Waals surface area (Å²) in [5.74, 6) is 0.789. The Morgan fingerprint density at radius 3 is 2.86 bits per heavy atom. The van der Waals surface area contributed by atoms with E-state index in [1.54, 1.807) is 18.1 Å². The van der Waals surface area contributed by atoms with Crippen LogP contribution in [0.2, 0.25) is 0 Å². The molecule has 0 aliphatic carbocycles. The topological polar surface area (TPSA) is 42.4 Å². The van der Waals surface area contributed by atoms with Gasteiger partial charge in [-0.15, -0.1) is 0 Å². The first-order valence-corrected chi connectivity index (χ1v) is 6.82. The highest BCUT2D eigenvalue weighted by Gasteiger charge is 2.20. The van der Waals surface area contributed by atoms with Gasteiger partial charge >= 0.3 is 0 Å². The van der Waals surface area contributed by atoms with Crippen molar-refractivity contribution < 1.29 is 9.53 Å². The highest BCUT2D eigenvalue weighted by Crippen LogP contribution is 2.26. The predicted molar refractivity (Wildman–Crippen MR) is 80.6 cm³/mol. The fraction of sp³-hybridized carbons (Fsp3) is 0.176. The van der Waals surface area contributed by atoms with Gasteiger partial charge in [-0.3, -0.25) is 9.78 Å². The van der Waals surface area contributed by atoms with Crippen molar-refractivity contribution in [1.29, 1.82) is 0 Å². The van der Waals surface area contributed by atoms with Crippen LogP contribution in [-0.2, 0) is 11.3 Å². The Morgan fingerprint density at radius 1 is 1.24 bits per heavy atom. The molecule has 0 saturated carbocycles. The number of ether oxygens (including phenoxy) is 1. The van der Waals surface area contributed by atoms with Crippen molar-refractivity contribution in [1.82, 2.24) is 9.88 Å². The van der Waals surface area contributed by atoms with E-state index in [1.165, 1.54) is 0 Å². The zero-order valence-electron chi connectivity index (χ0n) is 11.8. The number of carbonyl (C=O) groups is 1. The Labute approximate surface area is 123 Å². The Bertz CT molecular complexity index is 680. The fourth-order valence-corrected chi connectivity index (χ4v) is 2.29. The standard InChI is InChI=1S/C17H16N2O2/c1-19(11-15-7-4-5-9-18-15)17(20)14-10-13-6-2-3-8-16(13)21-12-14/h2-10H,11-12H2,1H3. The average Bonchev–Trinajstić information content (AvgIpc) is 2.54. The van der Waals surface area contributed by atoms with Crippen LogP contribution in [0.3, 0.4) is 0 Å². The van der Waals surface area contributed by atoms with Gasteiger partial charge in [0.15, 0.2) is 0 Å². The van der Waals surface area contributed by atoms with Gasteiger partial charge in [0.25, 0.3) is 5.91 Å². The van der Waals surface area contributed by atoms with Crippen LogP contribution >= 0.6 is 0 Å². The molecule has 0 N–H and O–H groups in total. The number of para-hydroxylation sites is 1. The van der Waals surface area contributed by atoms with E-state index in [0.717, 1.165) is 17.0 Å². The number of likely N-dealkylation sites (N-methyl/N-ethyl adjacent to an activating group) is 1. The molecule has 0 unspecified atom stereocenters. The first-order chi connectivity index (χ1) is 10.2. The SMILES string of the molecule is CN(Cc1ccccn1)C(=O)C1=Cc2ccccc2OC1. The second-order valence-electron chi connectivity index (χ2n) is 4.98. The smallest absolute Gasteiger partial charge is 0.253 e. The second kappa shape index (κ2) is 5.79. The van der Waals surface area contributed by atoms with Crippen LogP contribution in [0.5, 0.6) is 5.75 Å². The molecular weight excluding hydrogens is 264 g/mol. The molecule has 0 fully saturated rings. The lowest BCUT2D eigenvalue weighted by atomic mass is 10.1. The molecule has 0 saturated heterocycles. The average molecular weight is 280 g/mol. The van der Waals surface area contributed by atoms with E-state index in [0.29, 0.717) is 18.7 Å². The number of fused-ring (bicyclic) bond motifs is 1. The van der Waals surface area contributed by atoms with Gasteiger partial charge in [0, 0.05) is 18.8 Å². The van der Waals surface area contributed by atoms with E-state index >= 15 is 0 Å². The van der Waals surface area contributed by atoms with Gasteiger partial charge in [-0.25, -0.2) is 0 Å². The summed E-state index contributed by atoms with van der Waals surface area (Å²) < 4.78 is 5.63. The summed E-state index contributed by atoms with van der Waals surface area (Å²) in [4.78, 5) is 18.4. The van der Waals surface area contributed by atoms with E-state index in [1.807, 2.05) is 48.5 Å². The Morgan fingerprint density at radius 2 is 2.05 bits per heavy atom. The van der Waals surface area contributed by atoms with Gasteiger partial charge in [0.05, 0.1) is 17.8 Å². The molecule has 1 aromatic carbocycles. The number of benzene rings is 1. The van der Waals surface area contributed by atoms with Crippen LogP contribution in [0.25, 0.3) is 6.08 Å². The molecular formula is C17H16N2O2. The minimum atomic E-state index is -0.0323. The maximum Gasteiger partial charge on any atom is 0.253 e. The minimum Gasteiger partial charge on any atom is -0.488 e. The largest absolute Gasteiger partial charge is 0.488 e. The van der Waals surface area contributed by atoms with E-state index in [9.17, 15) is 4.79 Å². The predicted octanol–water partition coefficient (Wildman–Crippen LogP) is 2.52. The van der Waals surface area contributed by atoms with Crippen LogP contribution in [-0.4, -0.2) is 29.4 Å². The molecule has 2 heterocycles. The Balaban J connectivity index is 1.75. The lowest BCUT2D eigenvalue weighted by Crippen LogP contribution is -2.30. The highest BCUT2D eigenvalue weighted by atomic mass is 16.5. The normalized spacial score (nSPS) is 12.9. The summed E-state index contributed by atoms with van der Waals surface area (Å²) in [6.07, 6.45) is 3.63. The molecule has 1 aliphatic heterocycles. The number of rotatable bonds is 3. The van der Waals surface area contributed by atoms with Crippen molar-refractivity contribution in [2.24, 2.45) is 0 Å². The van der Waals surface area contributed by atoms with Crippen molar-refractivity contribution >= 4 is 12.0 Å². The number of carbonyl (C=O) groups excluding carboxylic acids is 1. The van der Waals surface area contributed by atoms with Gasteiger partial charge in [0.2, 0.25) is 0 Å². The lowest BCUT2D eigenvalue weighted by molar-refractivity contribution is -0.126. The van der Waals surface area contributed by atoms with Gasteiger partial charge in [0.1, 0.15) is 12.4 Å². The molecule has 3 rings (SSSR count). The van der Waals surface area contributed by atoms with Crippen molar-refractivity contribution in [2.75, 3.05) is 13.7 Å². The van der Waals surface area contributed by atoms with Gasteiger partial charge < -0.3 is 9.64 Å². The summed E-state index contributed by atoms with van der Waals surface area (Å²) in [6, 6.07) is 13.4. The van der Waals surface area contributed by atoms with E-state index in [4.69, 9.17) is 4.74 Å². The van der Waals surface area contributed by atoms with E-state index < -0.39 is 0 Å².